The quantitative estimate of drug-likeness (QED) is 0.529. The van der Waals surface area contributed by atoms with Gasteiger partial charge in [0.25, 0.3) is 0 Å². The van der Waals surface area contributed by atoms with Gasteiger partial charge < -0.3 is 14.9 Å². The van der Waals surface area contributed by atoms with E-state index in [1.165, 1.54) is 0 Å². The van der Waals surface area contributed by atoms with Crippen LogP contribution < -0.4 is 4.74 Å². The van der Waals surface area contributed by atoms with Crippen LogP contribution in [0.1, 0.15) is 11.1 Å². The van der Waals surface area contributed by atoms with Gasteiger partial charge in [-0.15, -0.1) is 0 Å². The zero-order valence-electron chi connectivity index (χ0n) is 11.1. The van der Waals surface area contributed by atoms with E-state index in [1.807, 2.05) is 24.3 Å². The molecule has 1 heterocycles. The molecule has 0 spiro atoms. The van der Waals surface area contributed by atoms with Crippen molar-refractivity contribution in [2.75, 3.05) is 6.61 Å². The minimum absolute atomic E-state index is 0.204. The number of hydrogen-bond acceptors (Lipinski definition) is 3. The van der Waals surface area contributed by atoms with Gasteiger partial charge in [-0.05, 0) is 41.5 Å². The van der Waals surface area contributed by atoms with Crippen molar-refractivity contribution in [2.24, 2.45) is 0 Å². The van der Waals surface area contributed by atoms with Gasteiger partial charge in [-0.3, -0.25) is 0 Å². The van der Waals surface area contributed by atoms with E-state index in [4.69, 9.17) is 33.0 Å². The summed E-state index contributed by atoms with van der Waals surface area (Å²) in [7, 11) is 14.9. The van der Waals surface area contributed by atoms with Gasteiger partial charge >= 0.3 is 42.4 Å². The summed E-state index contributed by atoms with van der Waals surface area (Å²) in [6, 6.07) is 12.1. The first-order valence-electron chi connectivity index (χ1n) is 6.04. The van der Waals surface area contributed by atoms with Gasteiger partial charge in [-0.2, -0.15) is 0 Å². The number of ether oxygens (including phenoxy) is 1. The standard InChI is InChI=1S/C15H12O3.3ClH.Pt/c16-13-4-1-10(2-5-13)12-7-11-3-6-14(17)8-15(11)18-9-12;;;;/h1-8,16-17H,9H2;3*1H;/q;;;;+3/p-3. The van der Waals surface area contributed by atoms with E-state index in [-0.39, 0.29) is 11.5 Å². The van der Waals surface area contributed by atoms with Gasteiger partial charge in [0, 0.05) is 11.6 Å². The van der Waals surface area contributed by atoms with Crippen LogP contribution in [0, 0.1) is 0 Å². The number of fused-ring (bicyclic) bond motifs is 1. The summed E-state index contributed by atoms with van der Waals surface area (Å²) in [6.45, 7) is 0.460. The summed E-state index contributed by atoms with van der Waals surface area (Å²) in [5.74, 6) is 1.15. The molecule has 0 bridgehead atoms. The van der Waals surface area contributed by atoms with E-state index in [0.717, 1.165) is 16.7 Å². The number of phenols is 2. The Balaban J connectivity index is 0.000000396. The molecule has 2 aromatic carbocycles. The number of benzene rings is 2. The second kappa shape index (κ2) is 8.12. The molecule has 0 aliphatic carbocycles. The zero-order valence-corrected chi connectivity index (χ0v) is 15.6. The molecule has 2 N–H and O–H groups in total. The third kappa shape index (κ3) is 5.10. The van der Waals surface area contributed by atoms with Crippen LogP contribution in [-0.2, 0) is 14.2 Å². The average molecular weight is 542 g/mol. The molecule has 0 atom stereocenters. The van der Waals surface area contributed by atoms with Crippen molar-refractivity contribution in [1.82, 2.24) is 0 Å². The van der Waals surface area contributed by atoms with Gasteiger partial charge in [0.1, 0.15) is 23.9 Å². The number of aromatic hydroxyl groups is 2. The minimum atomic E-state index is -1.85. The van der Waals surface area contributed by atoms with Gasteiger partial charge in [0.2, 0.25) is 0 Å². The molecule has 22 heavy (non-hydrogen) atoms. The first-order chi connectivity index (χ1) is 10.5. The molecule has 1 aliphatic heterocycles. The van der Waals surface area contributed by atoms with Crippen LogP contribution in [0.15, 0.2) is 42.5 Å². The summed E-state index contributed by atoms with van der Waals surface area (Å²) in [4.78, 5) is 0. The SMILES string of the molecule is Oc1ccc(C2=Cc3ccc(O)cc3OC2)cc1.[Cl][Pt]([Cl])[Cl]. The Kier molecular flexibility index (Phi) is 6.46. The molecular weight excluding hydrogens is 530 g/mol. The maximum atomic E-state index is 9.37. The number of halogens is 3. The van der Waals surface area contributed by atoms with Crippen LogP contribution in [0.25, 0.3) is 11.6 Å². The first-order valence-corrected chi connectivity index (χ1v) is 14.5. The van der Waals surface area contributed by atoms with Gasteiger partial charge in [0.15, 0.2) is 0 Å². The van der Waals surface area contributed by atoms with Crippen LogP contribution in [-0.4, -0.2) is 16.8 Å². The van der Waals surface area contributed by atoms with Gasteiger partial charge in [-0.1, -0.05) is 12.1 Å². The van der Waals surface area contributed by atoms with Crippen LogP contribution in [0.3, 0.4) is 0 Å². The molecule has 0 aromatic heterocycles. The average Bonchev–Trinajstić information content (AvgIpc) is 2.47. The van der Waals surface area contributed by atoms with Gasteiger partial charge in [-0.25, -0.2) is 0 Å². The van der Waals surface area contributed by atoms with Crippen molar-refractivity contribution < 1.29 is 29.1 Å². The summed E-state index contributed by atoms with van der Waals surface area (Å²) >= 11 is -1.85. The second-order valence-electron chi connectivity index (χ2n) is 4.36. The Hall–Kier alpha value is -0.862. The fourth-order valence-corrected chi connectivity index (χ4v) is 1.99. The fourth-order valence-electron chi connectivity index (χ4n) is 1.99. The molecule has 0 radical (unpaired) electrons. The third-order valence-corrected chi connectivity index (χ3v) is 2.95. The predicted octanol–water partition coefficient (Wildman–Crippen LogP) is 5.10. The zero-order chi connectivity index (χ0) is 16.1. The van der Waals surface area contributed by atoms with E-state index in [9.17, 15) is 10.2 Å². The van der Waals surface area contributed by atoms with Crippen molar-refractivity contribution in [3.05, 3.63) is 53.6 Å². The Morgan fingerprint density at radius 3 is 2.14 bits per heavy atom. The van der Waals surface area contributed by atoms with Crippen molar-refractivity contribution in [2.45, 2.75) is 0 Å². The molecule has 0 saturated carbocycles. The second-order valence-corrected chi connectivity index (χ2v) is 14.2. The maximum absolute atomic E-state index is 9.37. The number of rotatable bonds is 1. The van der Waals surface area contributed by atoms with Crippen LogP contribution in [0.4, 0.5) is 0 Å². The normalized spacial score (nSPS) is 13.0. The Morgan fingerprint density at radius 1 is 0.909 bits per heavy atom. The molecule has 0 saturated heterocycles. The van der Waals surface area contributed by atoms with Crippen molar-refractivity contribution >= 4 is 39.9 Å². The number of hydrogen-bond donors (Lipinski definition) is 2. The van der Waals surface area contributed by atoms with Crippen LogP contribution in [0.2, 0.25) is 0 Å². The molecule has 121 valence electrons. The summed E-state index contributed by atoms with van der Waals surface area (Å²) in [5, 5.41) is 18.6. The monoisotopic (exact) mass is 540 g/mol. The van der Waals surface area contributed by atoms with Crippen LogP contribution >= 0.6 is 28.3 Å². The molecular formula is C15H12Cl3O3Pt. The van der Waals surface area contributed by atoms with Crippen LogP contribution in [0.5, 0.6) is 17.2 Å². The summed E-state index contributed by atoms with van der Waals surface area (Å²) < 4.78 is 5.61. The van der Waals surface area contributed by atoms with E-state index >= 15 is 0 Å². The van der Waals surface area contributed by atoms with Crippen molar-refractivity contribution in [3.8, 4) is 17.2 Å². The molecule has 0 unspecified atom stereocenters. The molecule has 3 rings (SSSR count). The van der Waals surface area contributed by atoms with E-state index in [1.54, 1.807) is 24.3 Å². The fraction of sp³-hybridized carbons (Fsp3) is 0.0667. The van der Waals surface area contributed by atoms with Crippen molar-refractivity contribution in [3.63, 3.8) is 0 Å². The molecule has 0 fully saturated rings. The van der Waals surface area contributed by atoms with E-state index in [0.29, 0.717) is 12.4 Å². The molecule has 7 heteroatoms. The predicted molar refractivity (Wildman–Crippen MR) is 87.1 cm³/mol. The van der Waals surface area contributed by atoms with E-state index in [2.05, 4.69) is 0 Å². The summed E-state index contributed by atoms with van der Waals surface area (Å²) in [5.41, 5.74) is 3.02. The van der Waals surface area contributed by atoms with Gasteiger partial charge in [0.05, 0.1) is 0 Å². The Morgan fingerprint density at radius 2 is 1.50 bits per heavy atom. The Labute approximate surface area is 146 Å². The molecule has 2 aromatic rings. The first kappa shape index (κ1) is 17.5. The summed E-state index contributed by atoms with van der Waals surface area (Å²) in [6.07, 6.45) is 2.03. The number of phenolic OH excluding ortho intramolecular Hbond substituents is 2. The molecule has 0 amide bonds. The Bertz CT molecular complexity index is 669. The van der Waals surface area contributed by atoms with Crippen molar-refractivity contribution in [1.29, 1.82) is 0 Å². The molecule has 1 aliphatic rings. The third-order valence-electron chi connectivity index (χ3n) is 2.95. The van der Waals surface area contributed by atoms with E-state index < -0.39 is 14.2 Å². The topological polar surface area (TPSA) is 49.7 Å². The molecule has 3 nitrogen and oxygen atoms in total.